The van der Waals surface area contributed by atoms with Crippen molar-refractivity contribution in [1.29, 1.82) is 0 Å². The molecular weight excluding hydrogens is 470 g/mol. The summed E-state index contributed by atoms with van der Waals surface area (Å²) in [4.78, 5) is 21.9. The number of carbonyl (C=O) groups is 1. The molecule has 0 radical (unpaired) electrons. The molecule has 10 heteroatoms. The Balaban J connectivity index is 0.00000363. The van der Waals surface area contributed by atoms with Gasteiger partial charge in [-0.05, 0) is 76.4 Å². The average Bonchev–Trinajstić information content (AvgIpc) is 3.13. The molecule has 174 valence electrons. The topological polar surface area (TPSA) is 79.8 Å². The van der Waals surface area contributed by atoms with Crippen molar-refractivity contribution < 1.29 is 17.9 Å². The summed E-state index contributed by atoms with van der Waals surface area (Å²) in [6.07, 6.45) is 1.93. The number of thiazole rings is 1. The van der Waals surface area contributed by atoms with E-state index in [2.05, 4.69) is 9.88 Å². The lowest BCUT2D eigenvalue weighted by molar-refractivity contribution is 0.0986. The van der Waals surface area contributed by atoms with Crippen molar-refractivity contribution in [3.05, 3.63) is 48.0 Å². The van der Waals surface area contributed by atoms with E-state index in [-0.39, 0.29) is 23.2 Å². The number of rotatable bonds is 9. The van der Waals surface area contributed by atoms with E-state index in [1.54, 1.807) is 17.0 Å². The molecule has 2 aromatic carbocycles. The number of nitrogens with zero attached hydrogens (tertiary/aromatic N) is 3. The second kappa shape index (κ2) is 11.1. The molecule has 3 aromatic rings. The van der Waals surface area contributed by atoms with Gasteiger partial charge in [-0.1, -0.05) is 11.3 Å². The van der Waals surface area contributed by atoms with Crippen LogP contribution in [0.4, 0.5) is 5.13 Å². The number of halogens is 1. The highest BCUT2D eigenvalue weighted by molar-refractivity contribution is 7.90. The van der Waals surface area contributed by atoms with Crippen LogP contribution in [0.1, 0.15) is 23.7 Å². The van der Waals surface area contributed by atoms with Gasteiger partial charge >= 0.3 is 0 Å². The van der Waals surface area contributed by atoms with Gasteiger partial charge in [0, 0.05) is 18.4 Å². The summed E-state index contributed by atoms with van der Waals surface area (Å²) in [7, 11) is 0.658. The average molecular weight is 498 g/mol. The maximum absolute atomic E-state index is 13.3. The molecule has 0 aliphatic heterocycles. The first-order chi connectivity index (χ1) is 14.7. The number of aromatic nitrogens is 1. The van der Waals surface area contributed by atoms with E-state index in [0.29, 0.717) is 23.8 Å². The zero-order valence-corrected chi connectivity index (χ0v) is 21.0. The summed E-state index contributed by atoms with van der Waals surface area (Å²) >= 11 is 1.44. The third kappa shape index (κ3) is 6.41. The van der Waals surface area contributed by atoms with Gasteiger partial charge in [-0.15, -0.1) is 12.4 Å². The van der Waals surface area contributed by atoms with Crippen LogP contribution in [-0.2, 0) is 9.84 Å². The Labute approximate surface area is 199 Å². The lowest BCUT2D eigenvalue weighted by Gasteiger charge is -2.21. The molecular formula is C22H28ClN3O4S2. The number of amides is 1. The van der Waals surface area contributed by atoms with Gasteiger partial charge in [0.25, 0.3) is 5.91 Å². The number of ether oxygens (including phenoxy) is 1. The molecule has 0 saturated heterocycles. The van der Waals surface area contributed by atoms with E-state index in [1.165, 1.54) is 23.5 Å². The number of carbonyl (C=O) groups excluding carboxylic acids is 1. The summed E-state index contributed by atoms with van der Waals surface area (Å²) in [5.74, 6) is 0.565. The minimum absolute atomic E-state index is 0. The van der Waals surface area contributed by atoms with Crippen LogP contribution in [0.2, 0.25) is 0 Å². The summed E-state index contributed by atoms with van der Waals surface area (Å²) in [6.45, 7) is 3.84. The second-order valence-electron chi connectivity index (χ2n) is 7.47. The van der Waals surface area contributed by atoms with E-state index < -0.39 is 9.84 Å². The summed E-state index contributed by atoms with van der Waals surface area (Å²) in [6, 6.07) is 11.7. The van der Waals surface area contributed by atoms with Crippen LogP contribution in [-0.4, -0.2) is 64.3 Å². The first-order valence-corrected chi connectivity index (χ1v) is 12.7. The molecule has 0 saturated carbocycles. The highest BCUT2D eigenvalue weighted by atomic mass is 35.5. The van der Waals surface area contributed by atoms with Crippen molar-refractivity contribution in [2.45, 2.75) is 18.2 Å². The van der Waals surface area contributed by atoms with Gasteiger partial charge in [0.05, 0.1) is 21.7 Å². The Morgan fingerprint density at radius 3 is 2.38 bits per heavy atom. The molecule has 0 N–H and O–H groups in total. The molecule has 3 rings (SSSR count). The fraction of sp³-hybridized carbons (Fsp3) is 0.364. The second-order valence-corrected chi connectivity index (χ2v) is 10.5. The van der Waals surface area contributed by atoms with Gasteiger partial charge in [0.2, 0.25) is 0 Å². The highest BCUT2D eigenvalue weighted by Crippen LogP contribution is 2.32. The van der Waals surface area contributed by atoms with E-state index in [0.717, 1.165) is 35.2 Å². The van der Waals surface area contributed by atoms with Crippen LogP contribution < -0.4 is 9.64 Å². The molecule has 0 unspecified atom stereocenters. The van der Waals surface area contributed by atoms with Crippen molar-refractivity contribution >= 4 is 54.8 Å². The van der Waals surface area contributed by atoms with E-state index >= 15 is 0 Å². The van der Waals surface area contributed by atoms with Crippen LogP contribution in [0, 0.1) is 0 Å². The molecule has 1 heterocycles. The van der Waals surface area contributed by atoms with Crippen molar-refractivity contribution in [2.24, 2.45) is 0 Å². The molecule has 7 nitrogen and oxygen atoms in total. The largest absolute Gasteiger partial charge is 0.494 e. The Kier molecular flexibility index (Phi) is 9.03. The fourth-order valence-electron chi connectivity index (χ4n) is 3.09. The zero-order chi connectivity index (χ0) is 22.6. The van der Waals surface area contributed by atoms with Crippen molar-refractivity contribution in [1.82, 2.24) is 9.88 Å². The Morgan fingerprint density at radius 2 is 1.78 bits per heavy atom. The predicted octanol–water partition coefficient (Wildman–Crippen LogP) is 4.12. The number of hydrogen-bond acceptors (Lipinski definition) is 7. The first-order valence-electron chi connectivity index (χ1n) is 9.99. The van der Waals surface area contributed by atoms with E-state index in [1.807, 2.05) is 39.2 Å². The van der Waals surface area contributed by atoms with E-state index in [4.69, 9.17) is 4.74 Å². The molecule has 0 aliphatic carbocycles. The Hall–Kier alpha value is -2.20. The maximum atomic E-state index is 13.3. The van der Waals surface area contributed by atoms with Gasteiger partial charge in [-0.2, -0.15) is 0 Å². The summed E-state index contributed by atoms with van der Waals surface area (Å²) < 4.78 is 30.0. The molecule has 1 aromatic heterocycles. The van der Waals surface area contributed by atoms with Crippen LogP contribution in [0.5, 0.6) is 5.75 Å². The van der Waals surface area contributed by atoms with Gasteiger partial charge in [-0.3, -0.25) is 9.69 Å². The van der Waals surface area contributed by atoms with Crippen LogP contribution in [0.3, 0.4) is 0 Å². The minimum atomic E-state index is -3.32. The van der Waals surface area contributed by atoms with Crippen LogP contribution >= 0.6 is 23.7 Å². The number of sulfone groups is 1. The van der Waals surface area contributed by atoms with Gasteiger partial charge in [-0.25, -0.2) is 13.4 Å². The molecule has 0 aliphatic rings. The number of anilines is 1. The molecule has 0 spiro atoms. The predicted molar refractivity (Wildman–Crippen MR) is 132 cm³/mol. The minimum Gasteiger partial charge on any atom is -0.494 e. The van der Waals surface area contributed by atoms with Gasteiger partial charge in [0.1, 0.15) is 5.75 Å². The third-order valence-corrected chi connectivity index (χ3v) is 6.82. The van der Waals surface area contributed by atoms with Crippen LogP contribution in [0.25, 0.3) is 10.2 Å². The molecule has 0 atom stereocenters. The third-order valence-electron chi connectivity index (χ3n) is 4.65. The maximum Gasteiger partial charge on any atom is 0.260 e. The number of fused-ring (bicyclic) bond motifs is 1. The van der Waals surface area contributed by atoms with E-state index in [9.17, 15) is 13.2 Å². The zero-order valence-electron chi connectivity index (χ0n) is 18.6. The fourth-order valence-corrected chi connectivity index (χ4v) is 4.74. The normalized spacial score (nSPS) is 11.4. The highest BCUT2D eigenvalue weighted by Gasteiger charge is 2.22. The van der Waals surface area contributed by atoms with Crippen molar-refractivity contribution in [3.8, 4) is 5.75 Å². The molecule has 0 fully saturated rings. The SMILES string of the molecule is CCOc1ccc2nc(N(CCCN(C)C)C(=O)c3ccc(S(C)(=O)=O)cc3)sc2c1.Cl. The number of hydrogen-bond donors (Lipinski definition) is 0. The quantitative estimate of drug-likeness (QED) is 0.442. The van der Waals surface area contributed by atoms with Gasteiger partial charge < -0.3 is 9.64 Å². The summed E-state index contributed by atoms with van der Waals surface area (Å²) in [5.41, 5.74) is 1.23. The lowest BCUT2D eigenvalue weighted by Crippen LogP contribution is -2.33. The van der Waals surface area contributed by atoms with Crippen molar-refractivity contribution in [2.75, 3.05) is 44.9 Å². The standard InChI is InChI=1S/C22H27N3O4S2.ClH/c1-5-29-17-9-12-19-20(15-17)30-22(23-19)25(14-6-13-24(2)3)21(26)16-7-10-18(11-8-16)31(4,27)28;/h7-12,15H,5-6,13-14H2,1-4H3;1H. The smallest absolute Gasteiger partial charge is 0.260 e. The monoisotopic (exact) mass is 497 g/mol. The number of benzene rings is 2. The lowest BCUT2D eigenvalue weighted by atomic mass is 10.2. The van der Waals surface area contributed by atoms with Crippen molar-refractivity contribution in [3.63, 3.8) is 0 Å². The van der Waals surface area contributed by atoms with Crippen LogP contribution in [0.15, 0.2) is 47.4 Å². The molecule has 1 amide bonds. The van der Waals surface area contributed by atoms with Gasteiger partial charge in [0.15, 0.2) is 15.0 Å². The molecule has 0 bridgehead atoms. The Morgan fingerprint density at radius 1 is 1.09 bits per heavy atom. The first kappa shape index (κ1) is 26.1. The summed E-state index contributed by atoms with van der Waals surface area (Å²) in [5, 5.41) is 0.611. The molecule has 32 heavy (non-hydrogen) atoms. The Bertz CT molecular complexity index is 1160.